The molecule has 1 aromatic carbocycles. The number of anilines is 1. The van der Waals surface area contributed by atoms with Crippen molar-refractivity contribution in [2.75, 3.05) is 5.32 Å². The van der Waals surface area contributed by atoms with Gasteiger partial charge >= 0.3 is 0 Å². The molecule has 0 atom stereocenters. The molecule has 0 radical (unpaired) electrons. The SMILES string of the molecule is Cc1cccc(NC(=O)c2ccc(Cn3cccn3)o2)c1. The Labute approximate surface area is 122 Å². The minimum absolute atomic E-state index is 0.257. The Hall–Kier alpha value is -2.82. The zero-order valence-corrected chi connectivity index (χ0v) is 11.6. The highest BCUT2D eigenvalue weighted by Gasteiger charge is 2.11. The molecule has 0 unspecified atom stereocenters. The maximum absolute atomic E-state index is 12.1. The Kier molecular flexibility index (Phi) is 3.55. The highest BCUT2D eigenvalue weighted by molar-refractivity contribution is 6.02. The molecule has 21 heavy (non-hydrogen) atoms. The molecule has 2 heterocycles. The largest absolute Gasteiger partial charge is 0.454 e. The number of carbonyl (C=O) groups excluding carboxylic acids is 1. The smallest absolute Gasteiger partial charge is 0.291 e. The number of hydrogen-bond donors (Lipinski definition) is 1. The van der Waals surface area contributed by atoms with Gasteiger partial charge in [-0.2, -0.15) is 5.10 Å². The molecule has 1 amide bonds. The van der Waals surface area contributed by atoms with Crippen molar-refractivity contribution >= 4 is 11.6 Å². The minimum atomic E-state index is -0.257. The molecule has 0 aliphatic heterocycles. The van der Waals surface area contributed by atoms with E-state index < -0.39 is 0 Å². The molecule has 0 fully saturated rings. The van der Waals surface area contributed by atoms with Gasteiger partial charge in [-0.25, -0.2) is 0 Å². The van der Waals surface area contributed by atoms with E-state index in [1.54, 1.807) is 23.0 Å². The van der Waals surface area contributed by atoms with Crippen LogP contribution in [0.25, 0.3) is 0 Å². The van der Waals surface area contributed by atoms with E-state index in [-0.39, 0.29) is 5.91 Å². The number of rotatable bonds is 4. The monoisotopic (exact) mass is 281 g/mol. The molecule has 2 aromatic heterocycles. The molecular formula is C16H15N3O2. The van der Waals surface area contributed by atoms with E-state index in [9.17, 15) is 4.79 Å². The predicted octanol–water partition coefficient (Wildman–Crippen LogP) is 3.09. The average molecular weight is 281 g/mol. The van der Waals surface area contributed by atoms with Crippen LogP contribution in [-0.4, -0.2) is 15.7 Å². The molecule has 5 heteroatoms. The molecule has 3 aromatic rings. The van der Waals surface area contributed by atoms with Gasteiger partial charge in [-0.1, -0.05) is 12.1 Å². The average Bonchev–Trinajstić information content (AvgIpc) is 3.11. The number of nitrogens with zero attached hydrogens (tertiary/aromatic N) is 2. The zero-order chi connectivity index (χ0) is 14.7. The third kappa shape index (κ3) is 3.20. The standard InChI is InChI=1S/C16H15N3O2/c1-12-4-2-5-13(10-12)18-16(20)15-7-6-14(21-15)11-19-9-3-8-17-19/h2-10H,11H2,1H3,(H,18,20). The van der Waals surface area contributed by atoms with Gasteiger partial charge in [0.1, 0.15) is 5.76 Å². The Bertz CT molecular complexity index is 744. The number of amides is 1. The van der Waals surface area contributed by atoms with Crippen LogP contribution in [0.3, 0.4) is 0 Å². The van der Waals surface area contributed by atoms with E-state index >= 15 is 0 Å². The fourth-order valence-corrected chi connectivity index (χ4v) is 2.05. The third-order valence-electron chi connectivity index (χ3n) is 3.04. The summed E-state index contributed by atoms with van der Waals surface area (Å²) in [5, 5.41) is 6.92. The molecule has 5 nitrogen and oxygen atoms in total. The fourth-order valence-electron chi connectivity index (χ4n) is 2.05. The number of aromatic nitrogens is 2. The van der Waals surface area contributed by atoms with Gasteiger partial charge in [0.05, 0.1) is 6.54 Å². The summed E-state index contributed by atoms with van der Waals surface area (Å²) >= 11 is 0. The second kappa shape index (κ2) is 5.66. The van der Waals surface area contributed by atoms with Crippen LogP contribution in [0.4, 0.5) is 5.69 Å². The summed E-state index contributed by atoms with van der Waals surface area (Å²) in [5.74, 6) is 0.721. The molecule has 0 saturated heterocycles. The lowest BCUT2D eigenvalue weighted by atomic mass is 10.2. The Balaban J connectivity index is 1.69. The van der Waals surface area contributed by atoms with Crippen molar-refractivity contribution in [2.45, 2.75) is 13.5 Å². The van der Waals surface area contributed by atoms with E-state index in [4.69, 9.17) is 4.42 Å². The van der Waals surface area contributed by atoms with Crippen LogP contribution in [0.15, 0.2) is 59.3 Å². The molecule has 0 bridgehead atoms. The number of hydrogen-bond acceptors (Lipinski definition) is 3. The summed E-state index contributed by atoms with van der Waals surface area (Å²) in [6.07, 6.45) is 3.54. The number of carbonyl (C=O) groups is 1. The van der Waals surface area contributed by atoms with Gasteiger partial charge in [0.2, 0.25) is 0 Å². The molecule has 0 saturated carbocycles. The lowest BCUT2D eigenvalue weighted by molar-refractivity contribution is 0.0994. The molecule has 0 aliphatic carbocycles. The summed E-state index contributed by atoms with van der Waals surface area (Å²) < 4.78 is 7.29. The van der Waals surface area contributed by atoms with Gasteiger partial charge in [-0.05, 0) is 42.8 Å². The summed E-state index contributed by atoms with van der Waals surface area (Å²) in [5.41, 5.74) is 1.84. The van der Waals surface area contributed by atoms with Crippen LogP contribution >= 0.6 is 0 Å². The van der Waals surface area contributed by atoms with Crippen molar-refractivity contribution in [2.24, 2.45) is 0 Å². The van der Waals surface area contributed by atoms with Crippen molar-refractivity contribution in [3.8, 4) is 0 Å². The van der Waals surface area contributed by atoms with E-state index in [1.165, 1.54) is 0 Å². The van der Waals surface area contributed by atoms with Crippen molar-refractivity contribution < 1.29 is 9.21 Å². The summed E-state index contributed by atoms with van der Waals surface area (Å²) in [6, 6.07) is 12.9. The van der Waals surface area contributed by atoms with Crippen molar-refractivity contribution in [1.29, 1.82) is 0 Å². The maximum Gasteiger partial charge on any atom is 0.291 e. The topological polar surface area (TPSA) is 60.1 Å². The third-order valence-corrected chi connectivity index (χ3v) is 3.04. The van der Waals surface area contributed by atoms with Gasteiger partial charge in [0.25, 0.3) is 5.91 Å². The van der Waals surface area contributed by atoms with Gasteiger partial charge < -0.3 is 9.73 Å². The van der Waals surface area contributed by atoms with E-state index in [1.807, 2.05) is 43.5 Å². The number of furan rings is 1. The van der Waals surface area contributed by atoms with Crippen LogP contribution in [0.1, 0.15) is 21.9 Å². The molecule has 0 aliphatic rings. The summed E-state index contributed by atoms with van der Waals surface area (Å²) in [6.45, 7) is 2.48. The highest BCUT2D eigenvalue weighted by Crippen LogP contribution is 2.14. The predicted molar refractivity (Wildman–Crippen MR) is 79.2 cm³/mol. The van der Waals surface area contributed by atoms with E-state index in [2.05, 4.69) is 10.4 Å². The van der Waals surface area contributed by atoms with Crippen molar-refractivity contribution in [3.63, 3.8) is 0 Å². The van der Waals surface area contributed by atoms with E-state index in [0.29, 0.717) is 18.1 Å². The Morgan fingerprint density at radius 3 is 2.95 bits per heavy atom. The first-order valence-electron chi connectivity index (χ1n) is 6.65. The Morgan fingerprint density at radius 1 is 1.29 bits per heavy atom. The minimum Gasteiger partial charge on any atom is -0.454 e. The van der Waals surface area contributed by atoms with Crippen molar-refractivity contribution in [3.05, 3.63) is 71.9 Å². The summed E-state index contributed by atoms with van der Waals surface area (Å²) in [7, 11) is 0. The first-order valence-corrected chi connectivity index (χ1v) is 6.65. The molecule has 0 spiro atoms. The van der Waals surface area contributed by atoms with Gasteiger partial charge in [-0.15, -0.1) is 0 Å². The lowest BCUT2D eigenvalue weighted by Crippen LogP contribution is -2.10. The number of aryl methyl sites for hydroxylation is 1. The number of benzene rings is 1. The summed E-state index contributed by atoms with van der Waals surface area (Å²) in [4.78, 5) is 12.1. The van der Waals surface area contributed by atoms with Gasteiger partial charge in [0, 0.05) is 18.1 Å². The maximum atomic E-state index is 12.1. The lowest BCUT2D eigenvalue weighted by Gasteiger charge is -2.04. The molecule has 106 valence electrons. The quantitative estimate of drug-likeness (QED) is 0.799. The van der Waals surface area contributed by atoms with Crippen LogP contribution in [-0.2, 0) is 6.54 Å². The highest BCUT2D eigenvalue weighted by atomic mass is 16.4. The normalized spacial score (nSPS) is 10.5. The molecule has 1 N–H and O–H groups in total. The first kappa shape index (κ1) is 13.2. The Morgan fingerprint density at radius 2 is 2.19 bits per heavy atom. The van der Waals surface area contributed by atoms with Gasteiger partial charge in [-0.3, -0.25) is 9.48 Å². The van der Waals surface area contributed by atoms with Crippen LogP contribution < -0.4 is 5.32 Å². The second-order valence-corrected chi connectivity index (χ2v) is 4.79. The van der Waals surface area contributed by atoms with Crippen LogP contribution in [0, 0.1) is 6.92 Å². The first-order chi connectivity index (χ1) is 10.2. The molecule has 3 rings (SSSR count). The zero-order valence-electron chi connectivity index (χ0n) is 11.6. The number of nitrogens with one attached hydrogen (secondary N) is 1. The van der Waals surface area contributed by atoms with Crippen LogP contribution in [0.2, 0.25) is 0 Å². The second-order valence-electron chi connectivity index (χ2n) is 4.79. The fraction of sp³-hybridized carbons (Fsp3) is 0.125. The van der Waals surface area contributed by atoms with E-state index in [0.717, 1.165) is 11.3 Å². The molecular weight excluding hydrogens is 266 g/mol. The van der Waals surface area contributed by atoms with Gasteiger partial charge in [0.15, 0.2) is 5.76 Å². The van der Waals surface area contributed by atoms with Crippen molar-refractivity contribution in [1.82, 2.24) is 9.78 Å². The van der Waals surface area contributed by atoms with Crippen LogP contribution in [0.5, 0.6) is 0 Å².